The minimum atomic E-state index is -2.33. The molecule has 0 N–H and O–H groups in total. The topological polar surface area (TPSA) is 63.2 Å². The molecule has 0 aliphatic carbocycles. The molecule has 40 heavy (non-hydrogen) atoms. The molecule has 0 aromatic carbocycles. The molecule has 0 fully saturated rings. The van der Waals surface area contributed by atoms with Crippen LogP contribution in [0.2, 0.25) is 0 Å². The molecule has 5 heteroatoms. The van der Waals surface area contributed by atoms with Crippen LogP contribution in [0.4, 0.5) is 4.79 Å². The summed E-state index contributed by atoms with van der Waals surface area (Å²) in [5.41, 5.74) is 0. The highest BCUT2D eigenvalue weighted by atomic mass is 16.6. The third-order valence-electron chi connectivity index (χ3n) is 7.36. The van der Waals surface area contributed by atoms with Crippen LogP contribution in [0.15, 0.2) is 0 Å². The maximum Gasteiger partial charge on any atom is 0.0780 e. The molecule has 0 aromatic heterocycles. The Hall–Kier alpha value is -0.810. The number of carboxylic acid groups (broad SMARTS) is 2. The zero-order valence-electron chi connectivity index (χ0n) is 29.0. The van der Waals surface area contributed by atoms with Crippen molar-refractivity contribution in [2.75, 3.05) is 55.4 Å². The molecule has 0 aromatic rings. The van der Waals surface area contributed by atoms with E-state index in [1.165, 1.54) is 167 Å². The molecule has 0 saturated heterocycles. The molecule has 0 aliphatic rings. The third kappa shape index (κ3) is 57.2. The highest BCUT2D eigenvalue weighted by Gasteiger charge is 2.05. The lowest BCUT2D eigenvalue weighted by Crippen LogP contribution is -2.37. The van der Waals surface area contributed by atoms with E-state index < -0.39 is 6.16 Å². The molecule has 0 amide bonds. The number of hydrogen-bond donors (Lipinski definition) is 0. The summed E-state index contributed by atoms with van der Waals surface area (Å²) in [6, 6.07) is 0. The van der Waals surface area contributed by atoms with Crippen molar-refractivity contribution in [2.45, 2.75) is 168 Å². The largest absolute Gasteiger partial charge is 0.652 e. The standard InChI is InChI=1S/2C17H38N.CH2O3/c2*1-5-6-7-8-9-10-11-12-13-14-15-16-17-18(2,3)4;2-1(3)4/h2*5-17H2,1-4H3;(H2,2,3,4)/q2*+1;/p-2. The number of carbonyl (C=O) groups is 1. The first-order chi connectivity index (χ1) is 18.9. The number of hydrogen-bond acceptors (Lipinski definition) is 3. The number of quaternary nitrogens is 2. The molecule has 0 aliphatic heterocycles. The normalized spacial score (nSPS) is 11.4. The van der Waals surface area contributed by atoms with E-state index >= 15 is 0 Å². The summed E-state index contributed by atoms with van der Waals surface area (Å²) < 4.78 is 2.25. The highest BCUT2D eigenvalue weighted by Crippen LogP contribution is 2.13. The Bertz CT molecular complexity index is 442. The van der Waals surface area contributed by atoms with Crippen LogP contribution in [0.5, 0.6) is 0 Å². The summed E-state index contributed by atoms with van der Waals surface area (Å²) in [5, 5.41) is 16.7. The molecule has 0 radical (unpaired) electrons. The molecule has 0 spiro atoms. The summed E-state index contributed by atoms with van der Waals surface area (Å²) in [5.74, 6) is 0. The lowest BCUT2D eigenvalue weighted by Gasteiger charge is -2.23. The van der Waals surface area contributed by atoms with Gasteiger partial charge < -0.3 is 24.0 Å². The average molecular weight is 573 g/mol. The van der Waals surface area contributed by atoms with E-state index in [-0.39, 0.29) is 0 Å². The number of nitrogens with zero attached hydrogens (tertiary/aromatic N) is 2. The highest BCUT2D eigenvalue weighted by molar-refractivity contribution is 5.47. The van der Waals surface area contributed by atoms with Crippen LogP contribution >= 0.6 is 0 Å². The molecule has 244 valence electrons. The Morgan fingerprint density at radius 2 is 0.525 bits per heavy atom. The van der Waals surface area contributed by atoms with Crippen molar-refractivity contribution in [1.29, 1.82) is 0 Å². The predicted molar refractivity (Wildman–Crippen MR) is 173 cm³/mol. The van der Waals surface area contributed by atoms with Gasteiger partial charge in [0.15, 0.2) is 0 Å². The van der Waals surface area contributed by atoms with Crippen molar-refractivity contribution in [1.82, 2.24) is 0 Å². The maximum absolute atomic E-state index is 8.33. The predicted octanol–water partition coefficient (Wildman–Crippen LogP) is 8.34. The molecule has 0 saturated carbocycles. The van der Waals surface area contributed by atoms with E-state index in [4.69, 9.17) is 15.0 Å². The van der Waals surface area contributed by atoms with Crippen molar-refractivity contribution < 1.29 is 24.0 Å². The van der Waals surface area contributed by atoms with Gasteiger partial charge in [0.1, 0.15) is 0 Å². The van der Waals surface area contributed by atoms with Gasteiger partial charge in [-0.1, -0.05) is 142 Å². The summed E-state index contributed by atoms with van der Waals surface area (Å²) in [6.07, 6.45) is 32.4. The van der Waals surface area contributed by atoms with Gasteiger partial charge in [0.05, 0.1) is 55.4 Å². The Labute approximate surface area is 253 Å². The van der Waals surface area contributed by atoms with Gasteiger partial charge in [-0.3, -0.25) is 0 Å². The van der Waals surface area contributed by atoms with E-state index in [1.54, 1.807) is 0 Å². The molecule has 0 bridgehead atoms. The summed E-state index contributed by atoms with van der Waals surface area (Å²) in [7, 11) is 13.7. The van der Waals surface area contributed by atoms with Crippen molar-refractivity contribution in [2.24, 2.45) is 0 Å². The lowest BCUT2D eigenvalue weighted by molar-refractivity contribution is -0.870. The van der Waals surface area contributed by atoms with Gasteiger partial charge in [0.2, 0.25) is 0 Å². The van der Waals surface area contributed by atoms with E-state index in [9.17, 15) is 0 Å². The fraction of sp³-hybridized carbons (Fsp3) is 0.971. The van der Waals surface area contributed by atoms with Gasteiger partial charge in [0, 0.05) is 0 Å². The number of rotatable bonds is 26. The van der Waals surface area contributed by atoms with Crippen LogP contribution in [0.3, 0.4) is 0 Å². The monoisotopic (exact) mass is 573 g/mol. The molecule has 5 nitrogen and oxygen atoms in total. The summed E-state index contributed by atoms with van der Waals surface area (Å²) in [4.78, 5) is 8.33. The molecular formula is C35H76N2O3. The van der Waals surface area contributed by atoms with Crippen LogP contribution < -0.4 is 10.2 Å². The van der Waals surface area contributed by atoms with Crippen molar-refractivity contribution in [3.63, 3.8) is 0 Å². The first-order valence-electron chi connectivity index (χ1n) is 17.3. The van der Waals surface area contributed by atoms with Crippen molar-refractivity contribution in [3.8, 4) is 0 Å². The molecule has 0 unspecified atom stereocenters. The summed E-state index contributed by atoms with van der Waals surface area (Å²) >= 11 is 0. The zero-order valence-corrected chi connectivity index (χ0v) is 29.0. The number of carbonyl (C=O) groups excluding carboxylic acids is 1. The quantitative estimate of drug-likeness (QED) is 0.0773. The Kier molecular flexibility index (Phi) is 35.7. The zero-order chi connectivity index (χ0) is 31.0. The van der Waals surface area contributed by atoms with E-state index in [1.807, 2.05) is 0 Å². The molecule has 0 rings (SSSR count). The van der Waals surface area contributed by atoms with Gasteiger partial charge >= 0.3 is 0 Å². The SMILES string of the molecule is CCCCCCCCCCCCCC[N+](C)(C)C.CCCCCCCCCCCCCC[N+](C)(C)C.O=C([O-])[O-]. The third-order valence-corrected chi connectivity index (χ3v) is 7.36. The molecule has 0 atom stereocenters. The van der Waals surface area contributed by atoms with Gasteiger partial charge in [-0.2, -0.15) is 0 Å². The van der Waals surface area contributed by atoms with E-state index in [0.717, 1.165) is 8.97 Å². The number of unbranched alkanes of at least 4 members (excludes halogenated alkanes) is 22. The minimum absolute atomic E-state index is 1.12. The first-order valence-corrected chi connectivity index (χ1v) is 17.3. The maximum atomic E-state index is 8.33. The Morgan fingerprint density at radius 1 is 0.375 bits per heavy atom. The van der Waals surface area contributed by atoms with Crippen LogP contribution in [0.1, 0.15) is 168 Å². The van der Waals surface area contributed by atoms with Crippen LogP contribution in [-0.2, 0) is 0 Å². The van der Waals surface area contributed by atoms with Gasteiger partial charge in [-0.15, -0.1) is 0 Å². The van der Waals surface area contributed by atoms with Gasteiger partial charge in [-0.25, -0.2) is 0 Å². The van der Waals surface area contributed by atoms with Crippen LogP contribution in [-0.4, -0.2) is 70.5 Å². The van der Waals surface area contributed by atoms with Crippen molar-refractivity contribution >= 4 is 6.16 Å². The smallest absolute Gasteiger partial charge is 0.0780 e. The second-order valence-electron chi connectivity index (χ2n) is 14.1. The Balaban J connectivity index is -0.000000603. The molecule has 0 heterocycles. The van der Waals surface area contributed by atoms with E-state index in [0.29, 0.717) is 0 Å². The minimum Gasteiger partial charge on any atom is -0.652 e. The fourth-order valence-corrected chi connectivity index (χ4v) is 4.85. The Morgan fingerprint density at radius 3 is 0.675 bits per heavy atom. The fourth-order valence-electron chi connectivity index (χ4n) is 4.85. The van der Waals surface area contributed by atoms with E-state index in [2.05, 4.69) is 56.1 Å². The van der Waals surface area contributed by atoms with Crippen LogP contribution in [0, 0.1) is 0 Å². The van der Waals surface area contributed by atoms with Crippen LogP contribution in [0.25, 0.3) is 0 Å². The summed E-state index contributed by atoms with van der Waals surface area (Å²) in [6.45, 7) is 7.24. The van der Waals surface area contributed by atoms with Gasteiger partial charge in [0.25, 0.3) is 0 Å². The van der Waals surface area contributed by atoms with Crippen molar-refractivity contribution in [3.05, 3.63) is 0 Å². The average Bonchev–Trinajstić information content (AvgIpc) is 2.84. The second-order valence-corrected chi connectivity index (χ2v) is 14.1. The van der Waals surface area contributed by atoms with Gasteiger partial charge in [-0.05, 0) is 31.8 Å². The lowest BCUT2D eigenvalue weighted by atomic mass is 10.1. The molecular weight excluding hydrogens is 496 g/mol. The second kappa shape index (κ2) is 32.7. The first kappa shape index (κ1) is 43.6.